The topological polar surface area (TPSA) is 65.2 Å². The monoisotopic (exact) mass is 345 g/mol. The minimum atomic E-state index is -0.392. The van der Waals surface area contributed by atoms with Crippen LogP contribution in [0, 0.1) is 11.7 Å². The van der Waals surface area contributed by atoms with Gasteiger partial charge in [0, 0.05) is 24.1 Å². The Labute approximate surface area is 146 Å². The first-order valence-corrected chi connectivity index (χ1v) is 8.77. The van der Waals surface area contributed by atoms with Gasteiger partial charge in [-0.3, -0.25) is 9.59 Å². The van der Waals surface area contributed by atoms with Crippen LogP contribution < -0.4 is 10.9 Å². The third-order valence-electron chi connectivity index (χ3n) is 4.97. The molecular formula is C19H24FN3O2. The summed E-state index contributed by atoms with van der Waals surface area (Å²) in [6.45, 7) is 6.37. The average Bonchev–Trinajstić information content (AvgIpc) is 2.59. The second-order valence-corrected chi connectivity index (χ2v) is 6.98. The van der Waals surface area contributed by atoms with Gasteiger partial charge < -0.3 is 15.2 Å². The van der Waals surface area contributed by atoms with Gasteiger partial charge in [0.15, 0.2) is 0 Å². The molecule has 5 nitrogen and oxygen atoms in total. The van der Waals surface area contributed by atoms with Crippen LogP contribution in [0.5, 0.6) is 0 Å². The van der Waals surface area contributed by atoms with E-state index in [1.54, 1.807) is 12.1 Å². The number of nitrogens with zero attached hydrogens (tertiary/aromatic N) is 1. The predicted molar refractivity (Wildman–Crippen MR) is 95.8 cm³/mol. The summed E-state index contributed by atoms with van der Waals surface area (Å²) in [5.74, 6) is -0.386. The normalized spacial score (nSPS) is 16.5. The van der Waals surface area contributed by atoms with Crippen LogP contribution in [0.1, 0.15) is 32.3 Å². The second-order valence-electron chi connectivity index (χ2n) is 6.98. The Kier molecular flexibility index (Phi) is 5.18. The van der Waals surface area contributed by atoms with E-state index in [1.807, 2.05) is 0 Å². The van der Waals surface area contributed by atoms with Gasteiger partial charge >= 0.3 is 0 Å². The number of aromatic nitrogens is 1. The molecular weight excluding hydrogens is 321 g/mol. The number of halogens is 1. The van der Waals surface area contributed by atoms with Crippen molar-refractivity contribution in [1.82, 2.24) is 15.2 Å². The van der Waals surface area contributed by atoms with Gasteiger partial charge in [0.1, 0.15) is 5.82 Å². The quantitative estimate of drug-likeness (QED) is 0.894. The molecule has 1 amide bonds. The molecule has 0 radical (unpaired) electrons. The fourth-order valence-corrected chi connectivity index (χ4v) is 3.35. The average molecular weight is 345 g/mol. The molecule has 0 saturated carbocycles. The lowest BCUT2D eigenvalue weighted by Crippen LogP contribution is -2.43. The third-order valence-corrected chi connectivity index (χ3v) is 4.97. The van der Waals surface area contributed by atoms with Crippen LogP contribution in [0.4, 0.5) is 4.39 Å². The van der Waals surface area contributed by atoms with E-state index in [-0.39, 0.29) is 23.9 Å². The molecule has 25 heavy (non-hydrogen) atoms. The minimum absolute atomic E-state index is 0.00186. The summed E-state index contributed by atoms with van der Waals surface area (Å²) in [6, 6.07) is 6.47. The number of piperidine rings is 1. The van der Waals surface area contributed by atoms with Gasteiger partial charge in [-0.15, -0.1) is 0 Å². The zero-order valence-corrected chi connectivity index (χ0v) is 14.6. The Morgan fingerprint density at radius 2 is 2.04 bits per heavy atom. The van der Waals surface area contributed by atoms with Gasteiger partial charge in [-0.2, -0.15) is 0 Å². The molecule has 0 atom stereocenters. The molecule has 1 aliphatic rings. The molecule has 2 heterocycles. The predicted octanol–water partition coefficient (Wildman–Crippen LogP) is 2.40. The number of rotatable bonds is 4. The highest BCUT2D eigenvalue weighted by atomic mass is 19.1. The Bertz CT molecular complexity index is 823. The van der Waals surface area contributed by atoms with E-state index in [4.69, 9.17) is 0 Å². The summed E-state index contributed by atoms with van der Waals surface area (Å²) in [5.41, 5.74) is 0.640. The Balaban J connectivity index is 1.63. The van der Waals surface area contributed by atoms with Crippen molar-refractivity contribution in [2.45, 2.75) is 39.3 Å². The van der Waals surface area contributed by atoms with Crippen molar-refractivity contribution < 1.29 is 9.18 Å². The highest BCUT2D eigenvalue weighted by Crippen LogP contribution is 2.19. The molecule has 0 bridgehead atoms. The molecule has 134 valence electrons. The number of nitrogens with one attached hydrogen (secondary N) is 2. The van der Waals surface area contributed by atoms with Crippen LogP contribution in [0.15, 0.2) is 29.1 Å². The van der Waals surface area contributed by atoms with Crippen molar-refractivity contribution in [3.8, 4) is 0 Å². The van der Waals surface area contributed by atoms with Crippen LogP contribution in [0.25, 0.3) is 10.9 Å². The number of aromatic amines is 1. The Morgan fingerprint density at radius 3 is 2.72 bits per heavy atom. The number of likely N-dealkylation sites (tertiary alicyclic amines) is 1. The maximum Gasteiger partial charge on any atom is 0.253 e. The van der Waals surface area contributed by atoms with E-state index >= 15 is 0 Å². The van der Waals surface area contributed by atoms with Crippen molar-refractivity contribution in [1.29, 1.82) is 0 Å². The number of carbonyl (C=O) groups is 1. The zero-order valence-electron chi connectivity index (χ0n) is 14.6. The molecule has 1 aromatic heterocycles. The number of H-pyrrole nitrogens is 1. The number of carbonyl (C=O) groups excluding carboxylic acids is 1. The molecule has 3 rings (SSSR count). The van der Waals surface area contributed by atoms with Crippen LogP contribution in [0.3, 0.4) is 0 Å². The first-order valence-electron chi connectivity index (χ1n) is 8.77. The van der Waals surface area contributed by atoms with Gasteiger partial charge in [0.2, 0.25) is 5.91 Å². The van der Waals surface area contributed by atoms with E-state index in [0.29, 0.717) is 17.1 Å². The number of hydrogen-bond donors (Lipinski definition) is 2. The van der Waals surface area contributed by atoms with Gasteiger partial charge in [-0.05, 0) is 69.4 Å². The van der Waals surface area contributed by atoms with Crippen LogP contribution >= 0.6 is 0 Å². The number of pyridine rings is 1. The van der Waals surface area contributed by atoms with Crippen LogP contribution in [-0.2, 0) is 11.3 Å². The Hall–Kier alpha value is -2.21. The summed E-state index contributed by atoms with van der Waals surface area (Å²) in [6.07, 6.45) is 1.69. The highest BCUT2D eigenvalue weighted by molar-refractivity contribution is 5.80. The molecule has 6 heteroatoms. The van der Waals surface area contributed by atoms with Crippen molar-refractivity contribution >= 4 is 16.8 Å². The number of fused-ring (bicyclic) bond motifs is 1. The molecule has 1 saturated heterocycles. The maximum absolute atomic E-state index is 13.2. The molecule has 0 spiro atoms. The van der Waals surface area contributed by atoms with E-state index in [1.165, 1.54) is 12.1 Å². The summed E-state index contributed by atoms with van der Waals surface area (Å²) >= 11 is 0. The molecule has 2 N–H and O–H groups in total. The second kappa shape index (κ2) is 7.35. The number of hydrogen-bond acceptors (Lipinski definition) is 3. The fourth-order valence-electron chi connectivity index (χ4n) is 3.35. The lowest BCUT2D eigenvalue weighted by Gasteiger charge is -2.33. The van der Waals surface area contributed by atoms with E-state index in [9.17, 15) is 14.0 Å². The highest BCUT2D eigenvalue weighted by Gasteiger charge is 2.25. The SMILES string of the molecule is CC(C)N1CCC(C(=O)NCc2cc3ccc(F)cc3[nH]c2=O)CC1. The van der Waals surface area contributed by atoms with Crippen LogP contribution in [-0.4, -0.2) is 34.9 Å². The summed E-state index contributed by atoms with van der Waals surface area (Å²) in [5, 5.41) is 3.62. The third kappa shape index (κ3) is 4.07. The molecule has 1 aliphatic heterocycles. The smallest absolute Gasteiger partial charge is 0.253 e. The lowest BCUT2D eigenvalue weighted by molar-refractivity contribution is -0.126. The summed E-state index contributed by atoms with van der Waals surface area (Å²) in [4.78, 5) is 29.5. The first-order chi connectivity index (χ1) is 11.9. The standard InChI is InChI=1S/C19H24FN3O2/c1-12(2)23-7-5-13(6-8-23)18(24)21-11-15-9-14-3-4-16(20)10-17(14)22-19(15)25/h3-4,9-10,12-13H,5-8,11H2,1-2H3,(H,21,24)(H,22,25). The largest absolute Gasteiger partial charge is 0.352 e. The van der Waals surface area contributed by atoms with Crippen molar-refractivity contribution in [3.63, 3.8) is 0 Å². The summed E-state index contributed by atoms with van der Waals surface area (Å²) < 4.78 is 13.2. The fraction of sp³-hybridized carbons (Fsp3) is 0.474. The molecule has 2 aromatic rings. The molecule has 1 fully saturated rings. The Morgan fingerprint density at radius 1 is 1.32 bits per heavy atom. The van der Waals surface area contributed by atoms with E-state index < -0.39 is 5.82 Å². The lowest BCUT2D eigenvalue weighted by atomic mass is 9.95. The maximum atomic E-state index is 13.2. The van der Waals surface area contributed by atoms with Crippen molar-refractivity contribution in [3.05, 3.63) is 46.0 Å². The van der Waals surface area contributed by atoms with Gasteiger partial charge in [0.25, 0.3) is 5.56 Å². The van der Waals surface area contributed by atoms with E-state index in [0.717, 1.165) is 31.3 Å². The van der Waals surface area contributed by atoms with Gasteiger partial charge in [0.05, 0.1) is 5.52 Å². The molecule has 0 aliphatic carbocycles. The summed E-state index contributed by atoms with van der Waals surface area (Å²) in [7, 11) is 0. The van der Waals surface area contributed by atoms with Crippen LogP contribution in [0.2, 0.25) is 0 Å². The van der Waals surface area contributed by atoms with Gasteiger partial charge in [-0.25, -0.2) is 4.39 Å². The minimum Gasteiger partial charge on any atom is -0.352 e. The van der Waals surface area contributed by atoms with Crippen molar-refractivity contribution in [2.75, 3.05) is 13.1 Å². The number of benzene rings is 1. The molecule has 0 unspecified atom stereocenters. The first kappa shape index (κ1) is 17.6. The number of amides is 1. The zero-order chi connectivity index (χ0) is 18.0. The van der Waals surface area contributed by atoms with E-state index in [2.05, 4.69) is 29.0 Å². The molecule has 1 aromatic carbocycles. The van der Waals surface area contributed by atoms with Crippen molar-refractivity contribution in [2.24, 2.45) is 5.92 Å². The van der Waals surface area contributed by atoms with Gasteiger partial charge in [-0.1, -0.05) is 0 Å².